The summed E-state index contributed by atoms with van der Waals surface area (Å²) in [5.41, 5.74) is 2.98. The SMILES string of the molecule is CCCCCCCCCCSSSCCOC(=O)CCN(CCCN(C)CCCN(CCC(=O)OCCSSSCCCCCCCCCC)CCC(OCCSSSCCCCCCCCCC)=C1CC1)CCC(OCCSSSCCCCCCCCCC)=C1CCC1. The summed E-state index contributed by atoms with van der Waals surface area (Å²) in [5, 5.41) is 0. The third kappa shape index (κ3) is 64.2. The summed E-state index contributed by atoms with van der Waals surface area (Å²) in [6.45, 7) is 18.6. The maximum Gasteiger partial charge on any atom is 0.307 e. The van der Waals surface area contributed by atoms with Crippen LogP contribution in [0, 0.1) is 0 Å². The topological polar surface area (TPSA) is 80.8 Å². The highest BCUT2D eigenvalue weighted by Crippen LogP contribution is 2.39. The van der Waals surface area contributed by atoms with E-state index < -0.39 is 0 Å². The molecule has 0 N–H and O–H groups in total. The molecule has 0 aliphatic heterocycles. The second-order valence-electron chi connectivity index (χ2n) is 26.0. The van der Waals surface area contributed by atoms with Crippen molar-refractivity contribution in [3.8, 4) is 0 Å². The number of nitrogens with zero attached hydrogens (tertiary/aromatic N) is 3. The van der Waals surface area contributed by atoms with E-state index in [-0.39, 0.29) is 11.9 Å². The first-order chi connectivity index (χ1) is 46.9. The van der Waals surface area contributed by atoms with Gasteiger partial charge in [-0.05, 0) is 154 Å². The summed E-state index contributed by atoms with van der Waals surface area (Å²) >= 11 is 0. The van der Waals surface area contributed by atoms with Crippen LogP contribution in [0.15, 0.2) is 22.7 Å². The molecule has 95 heavy (non-hydrogen) atoms. The van der Waals surface area contributed by atoms with Crippen LogP contribution in [0.1, 0.15) is 304 Å². The standard InChI is InChI=1S/C74H141N3O6S12/c1-6-10-14-18-22-26-30-34-61-84-92-88-65-57-80-71(69-41-38-42-69)45-53-76(55-47-73(78)82-59-67-90-94-86-63-36-32-28-24-20-16-12-8-3)51-39-49-75(5)50-40-52-77(56-48-74(79)83-60-68-91-95-87-64-37-33-29-25-21-17-13-9-4)54-46-72(70-43-44-70)81-58-66-89-93-85-62-35-31-27-23-19-15-11-7-2/h6-68H2,1-5H3. The van der Waals surface area contributed by atoms with Crippen molar-refractivity contribution in [2.24, 2.45) is 0 Å². The van der Waals surface area contributed by atoms with Gasteiger partial charge in [-0.15, -0.1) is 0 Å². The zero-order valence-electron chi connectivity index (χ0n) is 61.2. The van der Waals surface area contributed by atoms with Gasteiger partial charge in [-0.2, -0.15) is 0 Å². The number of unbranched alkanes of at least 4 members (excludes halogenated alkanes) is 28. The fourth-order valence-corrected chi connectivity index (χ4v) is 25.9. The molecular formula is C74H141N3O6S12. The first-order valence-electron chi connectivity index (χ1n) is 38.7. The molecule has 0 radical (unpaired) electrons. The molecule has 21 heteroatoms. The third-order valence-electron chi connectivity index (χ3n) is 17.3. The van der Waals surface area contributed by atoms with Crippen molar-refractivity contribution in [1.82, 2.24) is 14.7 Å². The fraction of sp³-hybridized carbons (Fsp3) is 0.919. The first kappa shape index (κ1) is 93.2. The van der Waals surface area contributed by atoms with Gasteiger partial charge < -0.3 is 33.6 Å². The van der Waals surface area contributed by atoms with Gasteiger partial charge >= 0.3 is 11.9 Å². The molecule has 0 unspecified atom stereocenters. The van der Waals surface area contributed by atoms with Crippen LogP contribution in [0.3, 0.4) is 0 Å². The summed E-state index contributed by atoms with van der Waals surface area (Å²) in [6.07, 6.45) is 54.3. The second-order valence-corrected chi connectivity index (χ2v) is 43.9. The Labute approximate surface area is 633 Å². The minimum absolute atomic E-state index is 0.0862. The molecule has 0 bridgehead atoms. The highest BCUT2D eigenvalue weighted by molar-refractivity contribution is 9.10. The normalized spacial score (nSPS) is 13.0. The van der Waals surface area contributed by atoms with E-state index in [0.29, 0.717) is 39.1 Å². The molecule has 2 aliphatic rings. The van der Waals surface area contributed by atoms with Crippen LogP contribution < -0.4 is 0 Å². The Kier molecular flexibility index (Phi) is 73.0. The lowest BCUT2D eigenvalue weighted by atomic mass is 9.90. The number of allylic oxidation sites excluding steroid dienone is 2. The molecule has 0 aromatic carbocycles. The van der Waals surface area contributed by atoms with Gasteiger partial charge in [0.25, 0.3) is 0 Å². The molecule has 0 heterocycles. The average Bonchev–Trinajstić information content (AvgIpc) is 1.93. The van der Waals surface area contributed by atoms with Crippen molar-refractivity contribution >= 4 is 138 Å². The van der Waals surface area contributed by atoms with Crippen molar-refractivity contribution < 1.29 is 28.5 Å². The fourth-order valence-electron chi connectivity index (χ4n) is 11.1. The molecule has 0 amide bonds. The van der Waals surface area contributed by atoms with Gasteiger partial charge in [0, 0.05) is 85.0 Å². The summed E-state index contributed by atoms with van der Waals surface area (Å²) in [6, 6.07) is 0. The van der Waals surface area contributed by atoms with Crippen molar-refractivity contribution in [1.29, 1.82) is 0 Å². The van der Waals surface area contributed by atoms with Crippen molar-refractivity contribution in [2.75, 3.05) is 132 Å². The second kappa shape index (κ2) is 74.4. The monoisotopic (exact) mass is 1550 g/mol. The van der Waals surface area contributed by atoms with Gasteiger partial charge in [0.2, 0.25) is 0 Å². The Bertz CT molecular complexity index is 1760. The van der Waals surface area contributed by atoms with E-state index in [1.807, 2.05) is 126 Å². The predicted molar refractivity (Wildman–Crippen MR) is 450 cm³/mol. The zero-order valence-corrected chi connectivity index (χ0v) is 71.0. The number of ether oxygens (including phenoxy) is 4. The smallest absolute Gasteiger partial charge is 0.307 e. The Morgan fingerprint density at radius 2 is 0.558 bits per heavy atom. The van der Waals surface area contributed by atoms with E-state index >= 15 is 0 Å². The molecule has 0 saturated heterocycles. The van der Waals surface area contributed by atoms with Crippen LogP contribution in [-0.4, -0.2) is 158 Å². The molecule has 0 aromatic rings. The lowest BCUT2D eigenvalue weighted by Gasteiger charge is -2.27. The summed E-state index contributed by atoms with van der Waals surface area (Å²) in [7, 11) is 25.3. The average molecular weight is 1550 g/mol. The Morgan fingerprint density at radius 3 is 0.842 bits per heavy atom. The number of hydrogen-bond donors (Lipinski definition) is 0. The lowest BCUT2D eigenvalue weighted by molar-refractivity contribution is -0.144. The molecule has 0 atom stereocenters. The van der Waals surface area contributed by atoms with Gasteiger partial charge in [0.05, 0.1) is 37.6 Å². The highest BCUT2D eigenvalue weighted by atomic mass is 33.5. The Morgan fingerprint density at radius 1 is 0.295 bits per heavy atom. The van der Waals surface area contributed by atoms with Gasteiger partial charge in [-0.1, -0.05) is 294 Å². The zero-order chi connectivity index (χ0) is 68.1. The van der Waals surface area contributed by atoms with Gasteiger partial charge in [-0.25, -0.2) is 0 Å². The van der Waals surface area contributed by atoms with Gasteiger partial charge in [-0.3, -0.25) is 9.59 Å². The summed E-state index contributed by atoms with van der Waals surface area (Å²) in [5.74, 6) is 10.7. The highest BCUT2D eigenvalue weighted by Gasteiger charge is 2.22. The van der Waals surface area contributed by atoms with Crippen LogP contribution in [0.2, 0.25) is 0 Å². The Balaban J connectivity index is 1.90. The summed E-state index contributed by atoms with van der Waals surface area (Å²) in [4.78, 5) is 33.9. The minimum atomic E-state index is -0.0873. The molecular weight excluding hydrogens is 1410 g/mol. The van der Waals surface area contributed by atoms with E-state index in [1.54, 1.807) is 0 Å². The van der Waals surface area contributed by atoms with E-state index in [2.05, 4.69) is 49.4 Å². The molecule has 2 rings (SSSR count). The van der Waals surface area contributed by atoms with Crippen LogP contribution in [0.25, 0.3) is 0 Å². The van der Waals surface area contributed by atoms with E-state index in [4.69, 9.17) is 18.9 Å². The van der Waals surface area contributed by atoms with E-state index in [1.165, 1.54) is 258 Å². The van der Waals surface area contributed by atoms with E-state index in [9.17, 15) is 9.59 Å². The molecule has 2 fully saturated rings. The molecule has 2 aliphatic carbocycles. The number of carbonyl (C=O) groups is 2. The Hall–Kier alpha value is 2.10. The van der Waals surface area contributed by atoms with Crippen molar-refractivity contribution in [3.63, 3.8) is 0 Å². The van der Waals surface area contributed by atoms with Crippen LogP contribution >= 0.6 is 126 Å². The van der Waals surface area contributed by atoms with Crippen molar-refractivity contribution in [2.45, 2.75) is 304 Å². The lowest BCUT2D eigenvalue weighted by Crippen LogP contribution is -2.34. The minimum Gasteiger partial charge on any atom is -0.497 e. The van der Waals surface area contributed by atoms with Crippen LogP contribution in [0.4, 0.5) is 0 Å². The summed E-state index contributed by atoms with van der Waals surface area (Å²) < 4.78 is 24.7. The van der Waals surface area contributed by atoms with Crippen LogP contribution in [0.5, 0.6) is 0 Å². The van der Waals surface area contributed by atoms with Gasteiger partial charge in [0.15, 0.2) is 0 Å². The maximum atomic E-state index is 13.2. The number of esters is 2. The molecule has 560 valence electrons. The molecule has 0 spiro atoms. The van der Waals surface area contributed by atoms with Gasteiger partial charge in [0.1, 0.15) is 13.2 Å². The molecule has 0 aromatic heterocycles. The van der Waals surface area contributed by atoms with Crippen LogP contribution in [-0.2, 0) is 28.5 Å². The quantitative estimate of drug-likeness (QED) is 0.0251. The first-order valence-corrected chi connectivity index (χ1v) is 53.9. The maximum absolute atomic E-state index is 13.2. The molecule has 2 saturated carbocycles. The van der Waals surface area contributed by atoms with E-state index in [0.717, 1.165) is 127 Å². The largest absolute Gasteiger partial charge is 0.497 e. The number of carbonyl (C=O) groups excluding carboxylic acids is 2. The predicted octanol–water partition coefficient (Wildman–Crippen LogP) is 26.1. The number of rotatable bonds is 78. The molecule has 9 nitrogen and oxygen atoms in total. The third-order valence-corrected chi connectivity index (χ3v) is 34.5. The number of hydrogen-bond acceptors (Lipinski definition) is 21. The van der Waals surface area contributed by atoms with Crippen molar-refractivity contribution in [3.05, 3.63) is 22.7 Å².